The molecular formula is C22H33N5O2. The first-order valence-corrected chi connectivity index (χ1v) is 11.2. The molecule has 7 heteroatoms. The number of hydrogen-bond donors (Lipinski definition) is 1. The van der Waals surface area contributed by atoms with Gasteiger partial charge in [-0.3, -0.25) is 14.7 Å². The van der Waals surface area contributed by atoms with Crippen molar-refractivity contribution in [3.8, 4) is 0 Å². The summed E-state index contributed by atoms with van der Waals surface area (Å²) < 4.78 is 0. The molecule has 4 heterocycles. The first kappa shape index (κ1) is 20.1. The quantitative estimate of drug-likeness (QED) is 0.842. The van der Waals surface area contributed by atoms with Crippen molar-refractivity contribution in [1.29, 1.82) is 0 Å². The molecule has 1 N–H and O–H groups in total. The van der Waals surface area contributed by atoms with Crippen LogP contribution in [0.2, 0.25) is 0 Å². The lowest BCUT2D eigenvalue weighted by molar-refractivity contribution is -0.127. The maximum absolute atomic E-state index is 12.7. The number of piperidine rings is 2. The lowest BCUT2D eigenvalue weighted by Gasteiger charge is -2.42. The Kier molecular flexibility index (Phi) is 6.64. The first-order valence-electron chi connectivity index (χ1n) is 11.2. The normalized spacial score (nSPS) is 23.9. The Morgan fingerprint density at radius 1 is 0.966 bits per heavy atom. The summed E-state index contributed by atoms with van der Waals surface area (Å²) in [5, 5.41) is 3.06. The van der Waals surface area contributed by atoms with Crippen molar-refractivity contribution >= 4 is 11.9 Å². The fourth-order valence-electron chi connectivity index (χ4n) is 4.91. The molecule has 4 rings (SSSR count). The van der Waals surface area contributed by atoms with Crippen LogP contribution in [0.3, 0.4) is 0 Å². The van der Waals surface area contributed by atoms with Gasteiger partial charge in [0.15, 0.2) is 0 Å². The van der Waals surface area contributed by atoms with Crippen molar-refractivity contribution in [3.05, 3.63) is 30.1 Å². The van der Waals surface area contributed by atoms with Crippen LogP contribution in [-0.4, -0.2) is 76.9 Å². The minimum absolute atomic E-state index is 0.0525. The van der Waals surface area contributed by atoms with Crippen molar-refractivity contribution in [2.24, 2.45) is 5.92 Å². The number of urea groups is 1. The van der Waals surface area contributed by atoms with Crippen LogP contribution in [-0.2, 0) is 11.3 Å². The maximum Gasteiger partial charge on any atom is 0.319 e. The molecule has 158 valence electrons. The molecule has 1 atom stereocenters. The van der Waals surface area contributed by atoms with E-state index >= 15 is 0 Å². The molecule has 3 amide bonds. The number of carbonyl (C=O) groups excluding carboxylic acids is 2. The van der Waals surface area contributed by atoms with Gasteiger partial charge in [0, 0.05) is 45.0 Å². The minimum Gasteiger partial charge on any atom is -0.350 e. The maximum atomic E-state index is 12.7. The van der Waals surface area contributed by atoms with Crippen molar-refractivity contribution in [2.45, 2.75) is 51.1 Å². The molecule has 29 heavy (non-hydrogen) atoms. The first-order chi connectivity index (χ1) is 14.2. The lowest BCUT2D eigenvalue weighted by Crippen LogP contribution is -2.53. The second-order valence-electron chi connectivity index (χ2n) is 8.57. The van der Waals surface area contributed by atoms with Gasteiger partial charge in [0.25, 0.3) is 0 Å². The van der Waals surface area contributed by atoms with Gasteiger partial charge in [0.05, 0.1) is 18.2 Å². The molecule has 1 aromatic heterocycles. The third kappa shape index (κ3) is 5.07. The van der Waals surface area contributed by atoms with Crippen LogP contribution in [0, 0.1) is 5.92 Å². The molecule has 3 aliphatic heterocycles. The number of hydrogen-bond acceptors (Lipinski definition) is 4. The summed E-state index contributed by atoms with van der Waals surface area (Å²) in [4.78, 5) is 36.1. The number of rotatable bonds is 4. The third-order valence-corrected chi connectivity index (χ3v) is 6.62. The average molecular weight is 400 g/mol. The number of nitrogens with one attached hydrogen (secondary N) is 1. The largest absolute Gasteiger partial charge is 0.350 e. The van der Waals surface area contributed by atoms with E-state index in [0.717, 1.165) is 83.5 Å². The highest BCUT2D eigenvalue weighted by Gasteiger charge is 2.33. The van der Waals surface area contributed by atoms with Gasteiger partial charge in [0.2, 0.25) is 5.91 Å². The fraction of sp³-hybridized carbons (Fsp3) is 0.682. The Bertz CT molecular complexity index is 684. The third-order valence-electron chi connectivity index (χ3n) is 6.62. The van der Waals surface area contributed by atoms with Gasteiger partial charge < -0.3 is 15.1 Å². The van der Waals surface area contributed by atoms with Gasteiger partial charge in [-0.25, -0.2) is 4.79 Å². The Morgan fingerprint density at radius 2 is 1.72 bits per heavy atom. The van der Waals surface area contributed by atoms with E-state index in [9.17, 15) is 9.59 Å². The monoisotopic (exact) mass is 399 g/mol. The summed E-state index contributed by atoms with van der Waals surface area (Å²) in [5.41, 5.74) is 0.892. The van der Waals surface area contributed by atoms with Gasteiger partial charge in [-0.05, 0) is 57.2 Å². The van der Waals surface area contributed by atoms with Crippen LogP contribution in [0.25, 0.3) is 0 Å². The molecule has 3 fully saturated rings. The van der Waals surface area contributed by atoms with Gasteiger partial charge in [-0.15, -0.1) is 0 Å². The van der Waals surface area contributed by atoms with E-state index < -0.39 is 0 Å². The molecule has 7 nitrogen and oxygen atoms in total. The summed E-state index contributed by atoms with van der Waals surface area (Å²) in [5.74, 6) is 0.193. The van der Waals surface area contributed by atoms with Gasteiger partial charge in [-0.1, -0.05) is 6.07 Å². The van der Waals surface area contributed by atoms with Crippen LogP contribution >= 0.6 is 0 Å². The highest BCUT2D eigenvalue weighted by molar-refractivity contribution is 5.79. The van der Waals surface area contributed by atoms with E-state index in [1.165, 1.54) is 0 Å². The molecule has 3 aliphatic rings. The average Bonchev–Trinajstić information content (AvgIpc) is 3.33. The SMILES string of the molecule is O=C(NCc1ccccn1)[C@H]1CCCN(C2CCN(C(=O)N3CCCC3)CC2)C1. The van der Waals surface area contributed by atoms with E-state index in [-0.39, 0.29) is 17.9 Å². The standard InChI is InChI=1S/C22H33N5O2/c28-21(24-16-19-7-1-2-10-23-19)18-6-5-13-27(17-18)20-8-14-26(15-9-20)22(29)25-11-3-4-12-25/h1-2,7,10,18,20H,3-6,8-9,11-17H2,(H,24,28)/t18-/m0/s1. The Morgan fingerprint density at radius 3 is 2.45 bits per heavy atom. The summed E-state index contributed by atoms with van der Waals surface area (Å²) >= 11 is 0. The van der Waals surface area contributed by atoms with Gasteiger partial charge >= 0.3 is 6.03 Å². The molecular weight excluding hydrogens is 366 g/mol. The Labute approximate surface area is 173 Å². The van der Waals surface area contributed by atoms with E-state index in [0.29, 0.717) is 12.6 Å². The van der Waals surface area contributed by atoms with Gasteiger partial charge in [0.1, 0.15) is 0 Å². The zero-order valence-corrected chi connectivity index (χ0v) is 17.3. The molecule has 1 aromatic rings. The van der Waals surface area contributed by atoms with Crippen LogP contribution in [0.5, 0.6) is 0 Å². The predicted octanol–water partition coefficient (Wildman–Crippen LogP) is 2.09. The number of amides is 3. The summed E-state index contributed by atoms with van der Waals surface area (Å²) in [7, 11) is 0. The molecule has 0 radical (unpaired) electrons. The van der Waals surface area contributed by atoms with Crippen molar-refractivity contribution in [1.82, 2.24) is 25.0 Å². The predicted molar refractivity (Wildman–Crippen MR) is 111 cm³/mol. The topological polar surface area (TPSA) is 68.8 Å². The van der Waals surface area contributed by atoms with Crippen molar-refractivity contribution < 1.29 is 9.59 Å². The number of pyridine rings is 1. The number of nitrogens with zero attached hydrogens (tertiary/aromatic N) is 4. The molecule has 0 aromatic carbocycles. The van der Waals surface area contributed by atoms with Crippen LogP contribution < -0.4 is 5.32 Å². The highest BCUT2D eigenvalue weighted by Crippen LogP contribution is 2.25. The second-order valence-corrected chi connectivity index (χ2v) is 8.57. The van der Waals surface area contributed by atoms with Crippen LogP contribution in [0.1, 0.15) is 44.2 Å². The minimum atomic E-state index is 0.0525. The summed E-state index contributed by atoms with van der Waals surface area (Å²) in [6, 6.07) is 6.48. The number of carbonyl (C=O) groups is 2. The molecule has 0 aliphatic carbocycles. The number of likely N-dealkylation sites (tertiary alicyclic amines) is 3. The van der Waals surface area contributed by atoms with E-state index in [4.69, 9.17) is 0 Å². The molecule has 0 bridgehead atoms. The van der Waals surface area contributed by atoms with Crippen LogP contribution in [0.15, 0.2) is 24.4 Å². The summed E-state index contributed by atoms with van der Waals surface area (Å²) in [6.45, 7) is 5.90. The Hall–Kier alpha value is -2.15. The van der Waals surface area contributed by atoms with Gasteiger partial charge in [-0.2, -0.15) is 0 Å². The van der Waals surface area contributed by atoms with Crippen molar-refractivity contribution in [3.63, 3.8) is 0 Å². The van der Waals surface area contributed by atoms with E-state index in [1.54, 1.807) is 6.20 Å². The zero-order valence-electron chi connectivity index (χ0n) is 17.3. The van der Waals surface area contributed by atoms with Crippen molar-refractivity contribution in [2.75, 3.05) is 39.3 Å². The lowest BCUT2D eigenvalue weighted by atomic mass is 9.93. The Balaban J connectivity index is 1.23. The smallest absolute Gasteiger partial charge is 0.319 e. The van der Waals surface area contributed by atoms with E-state index in [1.807, 2.05) is 28.0 Å². The molecule has 3 saturated heterocycles. The second kappa shape index (κ2) is 9.57. The number of aromatic nitrogens is 1. The molecule has 0 unspecified atom stereocenters. The zero-order chi connectivity index (χ0) is 20.1. The summed E-state index contributed by atoms with van der Waals surface area (Å²) in [6.07, 6.45) is 8.08. The molecule has 0 spiro atoms. The van der Waals surface area contributed by atoms with E-state index in [2.05, 4.69) is 15.2 Å². The highest BCUT2D eigenvalue weighted by atomic mass is 16.2. The molecule has 0 saturated carbocycles. The fourth-order valence-corrected chi connectivity index (χ4v) is 4.91. The van der Waals surface area contributed by atoms with Crippen LogP contribution in [0.4, 0.5) is 4.79 Å².